The maximum Gasteiger partial charge on any atom is 0.417 e. The molecule has 7 rings (SSSR count). The van der Waals surface area contributed by atoms with E-state index in [4.69, 9.17) is 0 Å². The van der Waals surface area contributed by atoms with Crippen molar-refractivity contribution in [2.75, 3.05) is 0 Å². The van der Waals surface area contributed by atoms with Gasteiger partial charge < -0.3 is 5.11 Å². The maximum absolute atomic E-state index is 14.3. The number of carbonyl (C=O) groups excluding carboxylic acids is 1. The maximum atomic E-state index is 14.3. The lowest BCUT2D eigenvalue weighted by Gasteiger charge is -2.73. The van der Waals surface area contributed by atoms with Crippen molar-refractivity contribution in [3.63, 3.8) is 0 Å². The second-order valence-corrected chi connectivity index (χ2v) is 17.0. The Kier molecular flexibility index (Phi) is 6.58. The van der Waals surface area contributed by atoms with E-state index in [1.54, 1.807) is 29.5 Å². The van der Waals surface area contributed by atoms with Crippen LogP contribution in [0, 0.1) is 56.7 Å². The molecule has 0 saturated heterocycles. The fraction of sp³-hybridized carbons (Fsp3) is 0.730. The van der Waals surface area contributed by atoms with Crippen molar-refractivity contribution in [3.05, 3.63) is 49.1 Å². The first-order valence-electron chi connectivity index (χ1n) is 17.2. The van der Waals surface area contributed by atoms with Gasteiger partial charge >= 0.3 is 6.09 Å². The van der Waals surface area contributed by atoms with Gasteiger partial charge in [0.15, 0.2) is 0 Å². The number of hydrogen-bond donors (Lipinski definition) is 1. The predicted octanol–water partition coefficient (Wildman–Crippen LogP) is 8.69. The van der Waals surface area contributed by atoms with Gasteiger partial charge in [0.05, 0.1) is 5.41 Å². The van der Waals surface area contributed by atoms with Crippen molar-refractivity contribution >= 4 is 12.0 Å². The fourth-order valence-corrected chi connectivity index (χ4v) is 13.4. The summed E-state index contributed by atoms with van der Waals surface area (Å²) in [6, 6.07) is 0. The molecule has 5 aliphatic rings. The van der Waals surface area contributed by atoms with Crippen LogP contribution in [0.5, 0.6) is 0 Å². The molecule has 2 aromatic heterocycles. The molecule has 0 aliphatic heterocycles. The number of rotatable bonds is 3. The van der Waals surface area contributed by atoms with Crippen molar-refractivity contribution in [2.24, 2.45) is 56.7 Å². The van der Waals surface area contributed by atoms with Gasteiger partial charge in [-0.25, -0.2) is 19.3 Å². The van der Waals surface area contributed by atoms with Gasteiger partial charge in [-0.1, -0.05) is 46.8 Å². The largest absolute Gasteiger partial charge is 0.464 e. The molecule has 2 heterocycles. The summed E-state index contributed by atoms with van der Waals surface area (Å²) >= 11 is 0. The lowest BCUT2D eigenvalue weighted by atomic mass is 9.32. The molecule has 1 unspecified atom stereocenters. The van der Waals surface area contributed by atoms with Crippen LogP contribution in [0.4, 0.5) is 4.79 Å². The molecule has 10 atom stereocenters. The minimum absolute atomic E-state index is 0.0555. The van der Waals surface area contributed by atoms with Crippen LogP contribution in [0.15, 0.2) is 43.3 Å². The molecule has 1 N–H and O–H groups in total. The number of carboxylic acid groups (broad SMARTS) is 1. The number of allylic oxidation sites excluding steroid dienone is 1. The highest BCUT2D eigenvalue weighted by atomic mass is 16.4. The van der Waals surface area contributed by atoms with E-state index in [1.807, 2.05) is 6.20 Å². The zero-order chi connectivity index (χ0) is 31.4. The van der Waals surface area contributed by atoms with Crippen LogP contribution in [0.25, 0.3) is 0 Å². The normalized spacial score (nSPS) is 44.1. The third kappa shape index (κ3) is 3.67. The lowest BCUT2D eigenvalue weighted by molar-refractivity contribution is -0.235. The third-order valence-electron chi connectivity index (χ3n) is 15.5. The summed E-state index contributed by atoms with van der Waals surface area (Å²) in [6.45, 7) is 19.3. The second-order valence-electron chi connectivity index (χ2n) is 17.0. The van der Waals surface area contributed by atoms with Crippen molar-refractivity contribution in [1.82, 2.24) is 19.1 Å². The zero-order valence-corrected chi connectivity index (χ0v) is 27.7. The first-order chi connectivity index (χ1) is 20.7. The minimum Gasteiger partial charge on any atom is -0.464 e. The number of hydrogen-bond acceptors (Lipinski definition) is 4. The summed E-state index contributed by atoms with van der Waals surface area (Å²) in [5.41, 5.74) is 1.40. The van der Waals surface area contributed by atoms with Gasteiger partial charge in [0, 0.05) is 30.7 Å². The number of imidazole rings is 2. The Morgan fingerprint density at radius 3 is 2.34 bits per heavy atom. The zero-order valence-electron chi connectivity index (χ0n) is 27.7. The molecule has 44 heavy (non-hydrogen) atoms. The molecule has 0 amide bonds. The average molecular weight is 601 g/mol. The molecule has 0 bridgehead atoms. The van der Waals surface area contributed by atoms with Crippen molar-refractivity contribution in [1.29, 1.82) is 0 Å². The highest BCUT2D eigenvalue weighted by Crippen LogP contribution is 2.78. The van der Waals surface area contributed by atoms with Gasteiger partial charge in [-0.15, -0.1) is 0 Å². The van der Waals surface area contributed by atoms with Gasteiger partial charge in [-0.2, -0.15) is 0 Å². The Bertz CT molecular complexity index is 1490. The van der Waals surface area contributed by atoms with Crippen LogP contribution in [0.3, 0.4) is 0 Å². The fourth-order valence-electron chi connectivity index (χ4n) is 13.4. The van der Waals surface area contributed by atoms with Crippen LogP contribution in [-0.2, 0) is 0 Å². The standard InChI is InChI=1S/C37H52N4O3/c1-23(2)24-10-15-37(31(42)40-20-18-38-22-40)17-16-35(6)25(29(24)37)8-9-28-34(5)13-11-26(30-39-19-21-41(30)32(43)44)33(3,4)27(34)12-14-36(28,35)7/h18-22,24-29H,1,8-17H2,2-7H3,(H,43,44)/t24-,25+,26+,27-,28?,29+,34-,35+,36+,37-/m0/s1. The van der Waals surface area contributed by atoms with E-state index in [2.05, 4.69) is 58.1 Å². The Morgan fingerprint density at radius 2 is 1.66 bits per heavy atom. The SMILES string of the molecule is C=C(C)[C@@H]1CC[C@]2(C(=O)n3ccnc3)CC[C@]3(C)[C@H](CCC4[C@@]5(C)CC[C@H](c6nccn6C(=O)O)C(C)(C)[C@@H]5CC[C@]43C)[C@@H]12. The molecule has 2 aromatic rings. The summed E-state index contributed by atoms with van der Waals surface area (Å²) in [4.78, 5) is 35.2. The molecule has 5 aliphatic carbocycles. The number of aromatic nitrogens is 4. The first kappa shape index (κ1) is 30.0. The summed E-state index contributed by atoms with van der Waals surface area (Å²) in [5.74, 6) is 3.44. The molecule has 0 aromatic carbocycles. The molecule has 5 fully saturated rings. The van der Waals surface area contributed by atoms with Gasteiger partial charge in [-0.3, -0.25) is 9.36 Å². The first-order valence-corrected chi connectivity index (χ1v) is 17.2. The number of fused-ring (bicyclic) bond motifs is 7. The molecule has 0 spiro atoms. The summed E-state index contributed by atoms with van der Waals surface area (Å²) in [6.07, 6.45) is 18.5. The molecular weight excluding hydrogens is 548 g/mol. The van der Waals surface area contributed by atoms with Gasteiger partial charge in [-0.05, 0) is 122 Å². The molecule has 7 nitrogen and oxygen atoms in total. The minimum atomic E-state index is -0.941. The summed E-state index contributed by atoms with van der Waals surface area (Å²) in [5, 5.41) is 9.88. The van der Waals surface area contributed by atoms with Gasteiger partial charge in [0.1, 0.15) is 12.2 Å². The van der Waals surface area contributed by atoms with E-state index >= 15 is 0 Å². The van der Waals surface area contributed by atoms with Crippen molar-refractivity contribution in [3.8, 4) is 0 Å². The Labute approximate surface area is 262 Å². The van der Waals surface area contributed by atoms with E-state index in [-0.39, 0.29) is 38.9 Å². The van der Waals surface area contributed by atoms with E-state index in [1.165, 1.54) is 29.4 Å². The van der Waals surface area contributed by atoms with Crippen LogP contribution in [-0.4, -0.2) is 36.2 Å². The number of nitrogens with zero attached hydrogens (tertiary/aromatic N) is 4. The molecular formula is C37H52N4O3. The molecule has 0 radical (unpaired) electrons. The van der Waals surface area contributed by atoms with Crippen LogP contribution < -0.4 is 0 Å². The van der Waals surface area contributed by atoms with Crippen molar-refractivity contribution in [2.45, 2.75) is 112 Å². The monoisotopic (exact) mass is 600 g/mol. The average Bonchev–Trinajstić information content (AvgIpc) is 3.73. The van der Waals surface area contributed by atoms with Crippen LogP contribution in [0.2, 0.25) is 0 Å². The van der Waals surface area contributed by atoms with Crippen molar-refractivity contribution < 1.29 is 14.7 Å². The van der Waals surface area contributed by atoms with E-state index in [0.29, 0.717) is 35.4 Å². The van der Waals surface area contributed by atoms with E-state index in [0.717, 1.165) is 44.9 Å². The highest BCUT2D eigenvalue weighted by molar-refractivity contribution is 5.86. The quantitative estimate of drug-likeness (QED) is 0.356. The molecule has 238 valence electrons. The Morgan fingerprint density at radius 1 is 0.886 bits per heavy atom. The highest BCUT2D eigenvalue weighted by Gasteiger charge is 2.72. The Hall–Kier alpha value is -2.70. The van der Waals surface area contributed by atoms with Crippen LogP contribution in [0.1, 0.15) is 122 Å². The molecule has 7 heteroatoms. The number of carbonyl (C=O) groups is 2. The third-order valence-corrected chi connectivity index (χ3v) is 15.5. The predicted molar refractivity (Wildman–Crippen MR) is 170 cm³/mol. The lowest BCUT2D eigenvalue weighted by Crippen LogP contribution is -2.66. The topological polar surface area (TPSA) is 90.0 Å². The van der Waals surface area contributed by atoms with Gasteiger partial charge in [0.2, 0.25) is 5.91 Å². The molecule has 5 saturated carbocycles. The summed E-state index contributed by atoms with van der Waals surface area (Å²) in [7, 11) is 0. The second kappa shape index (κ2) is 9.65. The van der Waals surface area contributed by atoms with E-state index < -0.39 is 6.09 Å². The summed E-state index contributed by atoms with van der Waals surface area (Å²) < 4.78 is 3.12. The Balaban J connectivity index is 1.24. The van der Waals surface area contributed by atoms with E-state index in [9.17, 15) is 14.7 Å². The smallest absolute Gasteiger partial charge is 0.417 e. The van der Waals surface area contributed by atoms with Crippen LogP contribution >= 0.6 is 0 Å². The van der Waals surface area contributed by atoms with Gasteiger partial charge in [0.25, 0.3) is 0 Å².